The van der Waals surface area contributed by atoms with Gasteiger partial charge >= 0.3 is 0 Å². The Labute approximate surface area is 106 Å². The highest BCUT2D eigenvalue weighted by Crippen LogP contribution is 2.19. The zero-order chi connectivity index (χ0) is 13.0. The third-order valence-corrected chi connectivity index (χ3v) is 2.45. The van der Waals surface area contributed by atoms with Gasteiger partial charge in [-0.15, -0.1) is 0 Å². The first kappa shape index (κ1) is 12.0. The van der Waals surface area contributed by atoms with Gasteiger partial charge in [0.25, 0.3) is 5.91 Å². The summed E-state index contributed by atoms with van der Waals surface area (Å²) in [4.78, 5) is 15.9. The Balaban J connectivity index is 2.31. The Hall–Kier alpha value is -2.42. The highest BCUT2D eigenvalue weighted by molar-refractivity contribution is 5.96. The van der Waals surface area contributed by atoms with E-state index in [0.717, 1.165) is 11.1 Å². The second-order valence-corrected chi connectivity index (χ2v) is 4.06. The number of nitrogens with one attached hydrogen (secondary N) is 1. The standard InChI is InChI=1S/C15H14N2O/c1-11(2)17-15(18)13-6-3-5-12(9-13)14-7-4-8-16-10-14/h3-10H,1H2,2H3,(H,17,18). The molecule has 0 saturated carbocycles. The average Bonchev–Trinajstić information content (AvgIpc) is 2.39. The van der Waals surface area contributed by atoms with Crippen molar-refractivity contribution in [1.29, 1.82) is 0 Å². The molecule has 0 spiro atoms. The molecule has 1 heterocycles. The number of pyridine rings is 1. The molecule has 2 rings (SSSR count). The van der Waals surface area contributed by atoms with Gasteiger partial charge < -0.3 is 5.32 Å². The molecular weight excluding hydrogens is 224 g/mol. The number of hydrogen-bond donors (Lipinski definition) is 1. The predicted molar refractivity (Wildman–Crippen MR) is 72.0 cm³/mol. The molecule has 3 heteroatoms. The first-order valence-corrected chi connectivity index (χ1v) is 5.64. The molecule has 1 N–H and O–H groups in total. The van der Waals surface area contributed by atoms with E-state index in [1.165, 1.54) is 0 Å². The number of nitrogens with zero attached hydrogens (tertiary/aromatic N) is 1. The molecule has 18 heavy (non-hydrogen) atoms. The second kappa shape index (κ2) is 5.27. The molecule has 2 aromatic rings. The predicted octanol–water partition coefficient (Wildman–Crippen LogP) is 3.01. The highest BCUT2D eigenvalue weighted by Gasteiger charge is 2.06. The van der Waals surface area contributed by atoms with Crippen molar-refractivity contribution in [3.05, 3.63) is 66.6 Å². The average molecular weight is 238 g/mol. The van der Waals surface area contributed by atoms with Gasteiger partial charge in [0.2, 0.25) is 0 Å². The Morgan fingerprint density at radius 1 is 1.22 bits per heavy atom. The minimum Gasteiger partial charge on any atom is -0.327 e. The van der Waals surface area contributed by atoms with Crippen LogP contribution in [0.1, 0.15) is 17.3 Å². The van der Waals surface area contributed by atoms with Crippen LogP contribution in [0.25, 0.3) is 11.1 Å². The van der Waals surface area contributed by atoms with Gasteiger partial charge in [0.1, 0.15) is 0 Å². The maximum Gasteiger partial charge on any atom is 0.255 e. The van der Waals surface area contributed by atoms with Gasteiger partial charge in [-0.2, -0.15) is 0 Å². The van der Waals surface area contributed by atoms with E-state index in [0.29, 0.717) is 11.3 Å². The van der Waals surface area contributed by atoms with Crippen LogP contribution in [0.4, 0.5) is 0 Å². The van der Waals surface area contributed by atoms with Gasteiger partial charge in [-0.1, -0.05) is 24.8 Å². The molecule has 0 aliphatic carbocycles. The Bertz CT molecular complexity index is 576. The molecule has 0 bridgehead atoms. The summed E-state index contributed by atoms with van der Waals surface area (Å²) in [5.41, 5.74) is 3.20. The molecule has 0 fully saturated rings. The monoisotopic (exact) mass is 238 g/mol. The number of hydrogen-bond acceptors (Lipinski definition) is 2. The lowest BCUT2D eigenvalue weighted by Crippen LogP contribution is -2.20. The van der Waals surface area contributed by atoms with Crippen LogP contribution in [0.15, 0.2) is 61.1 Å². The summed E-state index contributed by atoms with van der Waals surface area (Å²) in [5, 5.41) is 2.69. The molecule has 0 unspecified atom stereocenters. The van der Waals surface area contributed by atoms with Crippen molar-refractivity contribution in [2.24, 2.45) is 0 Å². The Morgan fingerprint density at radius 2 is 2.00 bits per heavy atom. The maximum absolute atomic E-state index is 11.9. The molecule has 1 aromatic heterocycles. The van der Waals surface area contributed by atoms with E-state index in [2.05, 4.69) is 16.9 Å². The first-order valence-electron chi connectivity index (χ1n) is 5.64. The number of rotatable bonds is 3. The van der Waals surface area contributed by atoms with Crippen LogP contribution in [0, 0.1) is 0 Å². The third-order valence-electron chi connectivity index (χ3n) is 2.45. The molecule has 1 aromatic carbocycles. The van der Waals surface area contributed by atoms with E-state index in [-0.39, 0.29) is 5.91 Å². The molecule has 0 atom stereocenters. The lowest BCUT2D eigenvalue weighted by molar-refractivity contribution is 0.0966. The summed E-state index contributed by atoms with van der Waals surface area (Å²) >= 11 is 0. The normalized spacial score (nSPS) is 9.83. The van der Waals surface area contributed by atoms with E-state index in [1.807, 2.05) is 30.3 Å². The molecule has 0 saturated heterocycles. The fraction of sp³-hybridized carbons (Fsp3) is 0.0667. The van der Waals surface area contributed by atoms with E-state index in [1.54, 1.807) is 25.4 Å². The molecule has 0 aliphatic rings. The molecular formula is C15H14N2O. The van der Waals surface area contributed by atoms with Crippen molar-refractivity contribution in [2.75, 3.05) is 0 Å². The number of amides is 1. The maximum atomic E-state index is 11.9. The number of aromatic nitrogens is 1. The largest absolute Gasteiger partial charge is 0.327 e. The minimum atomic E-state index is -0.145. The summed E-state index contributed by atoms with van der Waals surface area (Å²) in [5.74, 6) is -0.145. The molecule has 0 aliphatic heterocycles. The third kappa shape index (κ3) is 2.83. The van der Waals surface area contributed by atoms with Crippen LogP contribution in [0.3, 0.4) is 0 Å². The highest BCUT2D eigenvalue weighted by atomic mass is 16.1. The van der Waals surface area contributed by atoms with Gasteiger partial charge in [0.15, 0.2) is 0 Å². The zero-order valence-corrected chi connectivity index (χ0v) is 10.2. The van der Waals surface area contributed by atoms with Crippen molar-refractivity contribution < 1.29 is 4.79 Å². The molecule has 3 nitrogen and oxygen atoms in total. The topological polar surface area (TPSA) is 42.0 Å². The molecule has 0 radical (unpaired) electrons. The smallest absolute Gasteiger partial charge is 0.255 e. The summed E-state index contributed by atoms with van der Waals surface area (Å²) in [7, 11) is 0. The Morgan fingerprint density at radius 3 is 2.67 bits per heavy atom. The summed E-state index contributed by atoms with van der Waals surface area (Å²) in [6, 6.07) is 11.3. The van der Waals surface area contributed by atoms with Crippen LogP contribution in [-0.2, 0) is 0 Å². The fourth-order valence-electron chi connectivity index (χ4n) is 1.64. The minimum absolute atomic E-state index is 0.145. The summed E-state index contributed by atoms with van der Waals surface area (Å²) < 4.78 is 0. The van der Waals surface area contributed by atoms with E-state index < -0.39 is 0 Å². The van der Waals surface area contributed by atoms with Crippen LogP contribution >= 0.6 is 0 Å². The number of benzene rings is 1. The summed E-state index contributed by atoms with van der Waals surface area (Å²) in [6.07, 6.45) is 3.50. The SMILES string of the molecule is C=C(C)NC(=O)c1cccc(-c2cccnc2)c1. The second-order valence-electron chi connectivity index (χ2n) is 4.06. The van der Waals surface area contributed by atoms with Crippen molar-refractivity contribution in [3.63, 3.8) is 0 Å². The Kier molecular flexibility index (Phi) is 3.53. The van der Waals surface area contributed by atoms with Gasteiger partial charge in [-0.3, -0.25) is 9.78 Å². The molecule has 1 amide bonds. The lowest BCUT2D eigenvalue weighted by atomic mass is 10.0. The van der Waals surface area contributed by atoms with Gasteiger partial charge in [0, 0.05) is 29.2 Å². The lowest BCUT2D eigenvalue weighted by Gasteiger charge is -2.06. The van der Waals surface area contributed by atoms with Crippen LogP contribution in [-0.4, -0.2) is 10.9 Å². The van der Waals surface area contributed by atoms with Gasteiger partial charge in [0.05, 0.1) is 0 Å². The fourth-order valence-corrected chi connectivity index (χ4v) is 1.64. The van der Waals surface area contributed by atoms with Crippen LogP contribution < -0.4 is 5.32 Å². The zero-order valence-electron chi connectivity index (χ0n) is 10.2. The quantitative estimate of drug-likeness (QED) is 0.893. The number of carbonyl (C=O) groups excluding carboxylic acids is 1. The van der Waals surface area contributed by atoms with Gasteiger partial charge in [-0.05, 0) is 30.7 Å². The van der Waals surface area contributed by atoms with E-state index >= 15 is 0 Å². The number of allylic oxidation sites excluding steroid dienone is 1. The number of carbonyl (C=O) groups is 1. The van der Waals surface area contributed by atoms with Crippen LogP contribution in [0.2, 0.25) is 0 Å². The van der Waals surface area contributed by atoms with Crippen LogP contribution in [0.5, 0.6) is 0 Å². The summed E-state index contributed by atoms with van der Waals surface area (Å²) in [6.45, 7) is 5.41. The van der Waals surface area contributed by atoms with Crippen molar-refractivity contribution in [3.8, 4) is 11.1 Å². The van der Waals surface area contributed by atoms with Gasteiger partial charge in [-0.25, -0.2) is 0 Å². The van der Waals surface area contributed by atoms with E-state index in [9.17, 15) is 4.79 Å². The van der Waals surface area contributed by atoms with E-state index in [4.69, 9.17) is 0 Å². The van der Waals surface area contributed by atoms with Crippen molar-refractivity contribution in [1.82, 2.24) is 10.3 Å². The van der Waals surface area contributed by atoms with Crippen molar-refractivity contribution >= 4 is 5.91 Å². The first-order chi connectivity index (χ1) is 8.66. The van der Waals surface area contributed by atoms with Crippen molar-refractivity contribution in [2.45, 2.75) is 6.92 Å². The molecule has 90 valence electrons.